The molecule has 28 heavy (non-hydrogen) atoms. The van der Waals surface area contributed by atoms with Crippen LogP contribution in [-0.4, -0.2) is 34.6 Å². The fourth-order valence-corrected chi connectivity index (χ4v) is 3.11. The van der Waals surface area contributed by atoms with E-state index in [9.17, 15) is 4.79 Å². The van der Waals surface area contributed by atoms with Crippen molar-refractivity contribution in [2.24, 2.45) is 5.10 Å². The normalized spacial score (nSPS) is 11.5. The quantitative estimate of drug-likeness (QED) is 0.541. The molecule has 4 aromatic rings. The van der Waals surface area contributed by atoms with Crippen LogP contribution in [-0.2, 0) is 0 Å². The second kappa shape index (κ2) is 7.19. The molecule has 0 atom stereocenters. The SMILES string of the molecule is CCOc1ccc(/C=N\n2cnc3c([nH]c4ccc(C)cc43)c2=O)cc1OC. The largest absolute Gasteiger partial charge is 0.493 e. The average Bonchev–Trinajstić information content (AvgIpc) is 3.07. The van der Waals surface area contributed by atoms with E-state index in [1.807, 2.05) is 44.2 Å². The molecule has 0 fully saturated rings. The van der Waals surface area contributed by atoms with E-state index in [1.165, 1.54) is 11.0 Å². The molecule has 2 aromatic carbocycles. The first-order valence-electron chi connectivity index (χ1n) is 8.95. The molecule has 7 nitrogen and oxygen atoms in total. The second-order valence-corrected chi connectivity index (χ2v) is 6.38. The smallest absolute Gasteiger partial charge is 0.298 e. The van der Waals surface area contributed by atoms with E-state index >= 15 is 0 Å². The van der Waals surface area contributed by atoms with Crippen LogP contribution >= 0.6 is 0 Å². The van der Waals surface area contributed by atoms with Crippen molar-refractivity contribution in [3.8, 4) is 11.5 Å². The third-order valence-electron chi connectivity index (χ3n) is 4.46. The number of aromatic amines is 1. The Balaban J connectivity index is 1.73. The van der Waals surface area contributed by atoms with E-state index in [1.54, 1.807) is 19.4 Å². The Labute approximate surface area is 161 Å². The number of rotatable bonds is 5. The molecule has 2 heterocycles. The van der Waals surface area contributed by atoms with Crippen LogP contribution in [0.1, 0.15) is 18.1 Å². The lowest BCUT2D eigenvalue weighted by Crippen LogP contribution is -2.17. The van der Waals surface area contributed by atoms with Crippen molar-refractivity contribution in [3.63, 3.8) is 0 Å². The summed E-state index contributed by atoms with van der Waals surface area (Å²) in [5, 5.41) is 5.20. The van der Waals surface area contributed by atoms with E-state index in [0.29, 0.717) is 29.1 Å². The number of nitrogens with zero attached hydrogens (tertiary/aromatic N) is 3. The lowest BCUT2D eigenvalue weighted by molar-refractivity contribution is 0.311. The van der Waals surface area contributed by atoms with Gasteiger partial charge in [-0.05, 0) is 49.7 Å². The number of hydrogen-bond donors (Lipinski definition) is 1. The Hall–Kier alpha value is -3.61. The van der Waals surface area contributed by atoms with Crippen molar-refractivity contribution in [1.29, 1.82) is 0 Å². The van der Waals surface area contributed by atoms with E-state index in [0.717, 1.165) is 22.0 Å². The number of H-pyrrole nitrogens is 1. The molecule has 0 aliphatic carbocycles. The molecule has 142 valence electrons. The Bertz CT molecular complexity index is 1250. The standard InChI is InChI=1S/C21H20N4O3/c1-4-28-17-8-6-14(10-18(17)27-3)11-23-25-12-22-19-15-9-13(2)5-7-16(15)24-20(19)21(25)26/h5-12,24H,4H2,1-3H3/b23-11-. The first-order chi connectivity index (χ1) is 13.6. The van der Waals surface area contributed by atoms with Gasteiger partial charge in [-0.15, -0.1) is 0 Å². The lowest BCUT2D eigenvalue weighted by Gasteiger charge is -2.09. The highest BCUT2D eigenvalue weighted by Crippen LogP contribution is 2.27. The maximum absolute atomic E-state index is 12.8. The maximum atomic E-state index is 12.8. The highest BCUT2D eigenvalue weighted by molar-refractivity contribution is 6.04. The molecule has 0 unspecified atom stereocenters. The van der Waals surface area contributed by atoms with Gasteiger partial charge in [0.1, 0.15) is 17.4 Å². The number of aromatic nitrogens is 3. The summed E-state index contributed by atoms with van der Waals surface area (Å²) in [6.07, 6.45) is 3.02. The first kappa shape index (κ1) is 17.8. The molecule has 0 amide bonds. The van der Waals surface area contributed by atoms with Gasteiger partial charge in [0, 0.05) is 10.9 Å². The van der Waals surface area contributed by atoms with Gasteiger partial charge in [0.25, 0.3) is 5.56 Å². The van der Waals surface area contributed by atoms with Crippen LogP contribution < -0.4 is 15.0 Å². The first-order valence-corrected chi connectivity index (χ1v) is 8.95. The van der Waals surface area contributed by atoms with Gasteiger partial charge >= 0.3 is 0 Å². The summed E-state index contributed by atoms with van der Waals surface area (Å²) in [5.74, 6) is 1.27. The van der Waals surface area contributed by atoms with Crippen molar-refractivity contribution in [2.45, 2.75) is 13.8 Å². The summed E-state index contributed by atoms with van der Waals surface area (Å²) >= 11 is 0. The molecule has 2 aromatic heterocycles. The third-order valence-corrected chi connectivity index (χ3v) is 4.46. The molecule has 0 saturated heterocycles. The molecule has 0 aliphatic rings. The molecule has 4 rings (SSSR count). The van der Waals surface area contributed by atoms with Gasteiger partial charge in [-0.1, -0.05) is 11.6 Å². The predicted molar refractivity (Wildman–Crippen MR) is 110 cm³/mol. The van der Waals surface area contributed by atoms with E-state index in [4.69, 9.17) is 9.47 Å². The lowest BCUT2D eigenvalue weighted by atomic mass is 10.2. The van der Waals surface area contributed by atoms with Gasteiger partial charge in [0.2, 0.25) is 0 Å². The maximum Gasteiger partial charge on any atom is 0.298 e. The summed E-state index contributed by atoms with van der Waals surface area (Å²) in [7, 11) is 1.58. The number of aryl methyl sites for hydroxylation is 1. The van der Waals surface area contributed by atoms with Crippen LogP contribution in [0.3, 0.4) is 0 Å². The van der Waals surface area contributed by atoms with E-state index < -0.39 is 0 Å². The van der Waals surface area contributed by atoms with Crippen molar-refractivity contribution < 1.29 is 9.47 Å². The van der Waals surface area contributed by atoms with Crippen molar-refractivity contribution in [3.05, 3.63) is 64.2 Å². The van der Waals surface area contributed by atoms with Crippen molar-refractivity contribution in [1.82, 2.24) is 14.6 Å². The Morgan fingerprint density at radius 2 is 2.07 bits per heavy atom. The number of ether oxygens (including phenoxy) is 2. The summed E-state index contributed by atoms with van der Waals surface area (Å²) in [5.41, 5.74) is 3.60. The summed E-state index contributed by atoms with van der Waals surface area (Å²) in [6, 6.07) is 11.4. The highest BCUT2D eigenvalue weighted by Gasteiger charge is 2.11. The fraction of sp³-hybridized carbons (Fsp3) is 0.190. The van der Waals surface area contributed by atoms with E-state index in [-0.39, 0.29) is 5.56 Å². The molecule has 0 bridgehead atoms. The number of methoxy groups -OCH3 is 1. The number of benzene rings is 2. The molecule has 0 spiro atoms. The number of fused-ring (bicyclic) bond motifs is 3. The van der Waals surface area contributed by atoms with Crippen LogP contribution in [0.25, 0.3) is 21.9 Å². The zero-order valence-corrected chi connectivity index (χ0v) is 15.9. The van der Waals surface area contributed by atoms with Gasteiger partial charge in [-0.3, -0.25) is 4.79 Å². The van der Waals surface area contributed by atoms with Gasteiger partial charge in [-0.2, -0.15) is 9.78 Å². The summed E-state index contributed by atoms with van der Waals surface area (Å²) in [4.78, 5) is 20.4. The predicted octanol–water partition coefficient (Wildman–Crippen LogP) is 3.48. The Kier molecular flexibility index (Phi) is 4.57. The monoisotopic (exact) mass is 376 g/mol. The fourth-order valence-electron chi connectivity index (χ4n) is 3.11. The van der Waals surface area contributed by atoms with E-state index in [2.05, 4.69) is 15.1 Å². The van der Waals surface area contributed by atoms with Crippen LogP contribution in [0.5, 0.6) is 11.5 Å². The summed E-state index contributed by atoms with van der Waals surface area (Å²) in [6.45, 7) is 4.47. The molecule has 1 N–H and O–H groups in total. The number of hydrogen-bond acceptors (Lipinski definition) is 5. The molecule has 0 aliphatic heterocycles. The van der Waals surface area contributed by atoms with Crippen LogP contribution in [0.2, 0.25) is 0 Å². The third kappa shape index (κ3) is 3.11. The van der Waals surface area contributed by atoms with Gasteiger partial charge in [-0.25, -0.2) is 4.98 Å². The zero-order valence-electron chi connectivity index (χ0n) is 15.9. The second-order valence-electron chi connectivity index (χ2n) is 6.38. The minimum absolute atomic E-state index is 0.256. The minimum Gasteiger partial charge on any atom is -0.493 e. The molecule has 0 saturated carbocycles. The highest BCUT2D eigenvalue weighted by atomic mass is 16.5. The molecule has 0 radical (unpaired) electrons. The summed E-state index contributed by atoms with van der Waals surface area (Å²) < 4.78 is 12.1. The Morgan fingerprint density at radius 3 is 2.86 bits per heavy atom. The molecular formula is C21H20N4O3. The zero-order chi connectivity index (χ0) is 19.7. The minimum atomic E-state index is -0.256. The van der Waals surface area contributed by atoms with Crippen molar-refractivity contribution in [2.75, 3.05) is 13.7 Å². The average molecular weight is 376 g/mol. The Morgan fingerprint density at radius 1 is 1.21 bits per heavy atom. The van der Waals surface area contributed by atoms with Gasteiger partial charge in [0.15, 0.2) is 11.5 Å². The molecular weight excluding hydrogens is 356 g/mol. The molecule has 7 heteroatoms. The van der Waals surface area contributed by atoms with Crippen molar-refractivity contribution >= 4 is 28.2 Å². The van der Waals surface area contributed by atoms with Crippen LogP contribution in [0.15, 0.2) is 52.6 Å². The number of nitrogens with one attached hydrogen (secondary N) is 1. The van der Waals surface area contributed by atoms with Gasteiger partial charge < -0.3 is 14.5 Å². The van der Waals surface area contributed by atoms with Crippen LogP contribution in [0.4, 0.5) is 0 Å². The van der Waals surface area contributed by atoms with Crippen LogP contribution in [0, 0.1) is 6.92 Å². The van der Waals surface area contributed by atoms with Gasteiger partial charge in [0.05, 0.1) is 19.9 Å². The topological polar surface area (TPSA) is 81.5 Å².